The highest BCUT2D eigenvalue weighted by atomic mass is 16.1. The second kappa shape index (κ2) is 6.73. The first-order valence-corrected chi connectivity index (χ1v) is 8.22. The summed E-state index contributed by atoms with van der Waals surface area (Å²) in [5.41, 5.74) is 5.65. The SMILES string of the molecule is CC.O=C1CCc2ccc(-c3cnc4[nH]ncc4c3)cc2CC1. The van der Waals surface area contributed by atoms with Crippen molar-refractivity contribution in [1.29, 1.82) is 0 Å². The van der Waals surface area contributed by atoms with E-state index in [9.17, 15) is 4.79 Å². The van der Waals surface area contributed by atoms with E-state index in [0.717, 1.165) is 35.0 Å². The lowest BCUT2D eigenvalue weighted by molar-refractivity contribution is -0.118. The molecule has 4 heteroatoms. The topological polar surface area (TPSA) is 58.6 Å². The van der Waals surface area contributed by atoms with E-state index >= 15 is 0 Å². The van der Waals surface area contributed by atoms with Crippen LogP contribution in [-0.4, -0.2) is 21.0 Å². The van der Waals surface area contributed by atoms with Crippen LogP contribution in [0.4, 0.5) is 0 Å². The van der Waals surface area contributed by atoms with Gasteiger partial charge in [0.25, 0.3) is 0 Å². The van der Waals surface area contributed by atoms with Crippen molar-refractivity contribution in [2.75, 3.05) is 0 Å². The number of carbonyl (C=O) groups is 1. The van der Waals surface area contributed by atoms with Crippen molar-refractivity contribution in [3.63, 3.8) is 0 Å². The molecule has 0 fully saturated rings. The molecule has 4 nitrogen and oxygen atoms in total. The highest BCUT2D eigenvalue weighted by Gasteiger charge is 2.14. The molecule has 4 rings (SSSR count). The summed E-state index contributed by atoms with van der Waals surface area (Å²) >= 11 is 0. The quantitative estimate of drug-likeness (QED) is 0.689. The zero-order valence-corrected chi connectivity index (χ0v) is 13.6. The van der Waals surface area contributed by atoms with Crippen molar-refractivity contribution < 1.29 is 4.79 Å². The lowest BCUT2D eigenvalue weighted by Crippen LogP contribution is -1.95. The van der Waals surface area contributed by atoms with Crippen molar-refractivity contribution in [1.82, 2.24) is 15.2 Å². The molecule has 0 amide bonds. The van der Waals surface area contributed by atoms with Gasteiger partial charge in [-0.05, 0) is 35.6 Å². The molecule has 118 valence electrons. The number of nitrogens with zero attached hydrogens (tertiary/aromatic N) is 2. The summed E-state index contributed by atoms with van der Waals surface area (Å²) in [6, 6.07) is 8.58. The van der Waals surface area contributed by atoms with E-state index < -0.39 is 0 Å². The second-order valence-electron chi connectivity index (χ2n) is 5.55. The predicted molar refractivity (Wildman–Crippen MR) is 92.3 cm³/mol. The number of fused-ring (bicyclic) bond motifs is 2. The first-order chi connectivity index (χ1) is 11.3. The van der Waals surface area contributed by atoms with Crippen LogP contribution in [0.3, 0.4) is 0 Å². The molecule has 2 heterocycles. The molecule has 2 aromatic heterocycles. The number of benzene rings is 1. The van der Waals surface area contributed by atoms with Crippen LogP contribution in [-0.2, 0) is 17.6 Å². The van der Waals surface area contributed by atoms with E-state index in [1.54, 1.807) is 6.20 Å². The fourth-order valence-corrected chi connectivity index (χ4v) is 2.95. The zero-order valence-electron chi connectivity index (χ0n) is 13.6. The molecule has 0 spiro atoms. The van der Waals surface area contributed by atoms with Gasteiger partial charge in [-0.2, -0.15) is 5.10 Å². The molecule has 0 radical (unpaired) electrons. The molecule has 0 atom stereocenters. The summed E-state index contributed by atoms with van der Waals surface area (Å²) in [6.07, 6.45) is 6.71. The first-order valence-electron chi connectivity index (χ1n) is 8.22. The Morgan fingerprint density at radius 2 is 1.70 bits per heavy atom. The predicted octanol–water partition coefficient (Wildman–Crippen LogP) is 4.10. The van der Waals surface area contributed by atoms with Crippen LogP contribution >= 0.6 is 0 Å². The number of H-pyrrole nitrogens is 1. The van der Waals surface area contributed by atoms with Crippen molar-refractivity contribution in [2.45, 2.75) is 39.5 Å². The Kier molecular flexibility index (Phi) is 4.51. The summed E-state index contributed by atoms with van der Waals surface area (Å²) in [4.78, 5) is 16.0. The van der Waals surface area contributed by atoms with Crippen LogP contribution in [0.15, 0.2) is 36.7 Å². The van der Waals surface area contributed by atoms with E-state index in [1.807, 2.05) is 20.0 Å². The number of aromatic amines is 1. The first kappa shape index (κ1) is 15.4. The number of aromatic nitrogens is 3. The van der Waals surface area contributed by atoms with Gasteiger partial charge in [0.15, 0.2) is 5.65 Å². The lowest BCUT2D eigenvalue weighted by Gasteiger charge is -2.08. The second-order valence-corrected chi connectivity index (χ2v) is 5.55. The van der Waals surface area contributed by atoms with E-state index in [-0.39, 0.29) is 0 Å². The maximum Gasteiger partial charge on any atom is 0.155 e. The lowest BCUT2D eigenvalue weighted by atomic mass is 9.97. The monoisotopic (exact) mass is 307 g/mol. The number of pyridine rings is 1. The molecule has 0 saturated carbocycles. The largest absolute Gasteiger partial charge is 0.300 e. The number of rotatable bonds is 1. The number of hydrogen-bond donors (Lipinski definition) is 1. The van der Waals surface area contributed by atoms with Gasteiger partial charge in [-0.3, -0.25) is 9.89 Å². The van der Waals surface area contributed by atoms with Crippen LogP contribution in [0.25, 0.3) is 22.2 Å². The average molecular weight is 307 g/mol. The van der Waals surface area contributed by atoms with Gasteiger partial charge in [-0.25, -0.2) is 4.98 Å². The highest BCUT2D eigenvalue weighted by molar-refractivity contribution is 5.81. The average Bonchev–Trinajstić information content (AvgIpc) is 2.99. The zero-order chi connectivity index (χ0) is 16.2. The van der Waals surface area contributed by atoms with Crippen LogP contribution < -0.4 is 0 Å². The third-order valence-electron chi connectivity index (χ3n) is 4.18. The Labute approximate surface area is 136 Å². The molecule has 1 N–H and O–H groups in total. The minimum atomic E-state index is 0.370. The summed E-state index contributed by atoms with van der Waals surface area (Å²) < 4.78 is 0. The third kappa shape index (κ3) is 3.16. The van der Waals surface area contributed by atoms with Crippen LogP contribution in [0.1, 0.15) is 37.8 Å². The van der Waals surface area contributed by atoms with Gasteiger partial charge in [0.05, 0.1) is 6.20 Å². The highest BCUT2D eigenvalue weighted by Crippen LogP contribution is 2.27. The van der Waals surface area contributed by atoms with Crippen molar-refractivity contribution in [3.05, 3.63) is 47.8 Å². The minimum Gasteiger partial charge on any atom is -0.300 e. The molecular formula is C19H21N3O. The number of carbonyl (C=O) groups excluding carboxylic acids is 1. The van der Waals surface area contributed by atoms with Gasteiger partial charge in [0.2, 0.25) is 0 Å². The molecule has 0 bridgehead atoms. The Hall–Kier alpha value is -2.49. The molecule has 23 heavy (non-hydrogen) atoms. The summed E-state index contributed by atoms with van der Waals surface area (Å²) in [5.74, 6) is 0.370. The minimum absolute atomic E-state index is 0.370. The van der Waals surface area contributed by atoms with E-state index in [0.29, 0.717) is 18.6 Å². The normalized spacial score (nSPS) is 13.9. The number of ketones is 1. The Morgan fingerprint density at radius 1 is 0.913 bits per heavy atom. The van der Waals surface area contributed by atoms with Gasteiger partial charge in [-0.15, -0.1) is 0 Å². The molecular weight excluding hydrogens is 286 g/mol. The number of aryl methyl sites for hydroxylation is 2. The Bertz CT molecular complexity index is 836. The number of hydrogen-bond acceptors (Lipinski definition) is 3. The maximum atomic E-state index is 11.6. The van der Waals surface area contributed by atoms with Crippen LogP contribution in [0, 0.1) is 0 Å². The van der Waals surface area contributed by atoms with Gasteiger partial charge in [0.1, 0.15) is 5.78 Å². The van der Waals surface area contributed by atoms with Crippen LogP contribution in [0.2, 0.25) is 0 Å². The van der Waals surface area contributed by atoms with Gasteiger partial charge >= 0.3 is 0 Å². The van der Waals surface area contributed by atoms with Crippen LogP contribution in [0.5, 0.6) is 0 Å². The summed E-state index contributed by atoms with van der Waals surface area (Å²) in [6.45, 7) is 4.00. The fourth-order valence-electron chi connectivity index (χ4n) is 2.95. The standard InChI is InChI=1S/C17H15N3O.C2H6/c21-16-5-3-11-1-2-13(7-12(11)4-6-16)14-8-15-10-19-20-17(15)18-9-14;1-2/h1-2,7-10H,3-6H2,(H,18,19,20);1-2H3. The molecule has 1 aliphatic carbocycles. The molecule has 0 aliphatic heterocycles. The van der Waals surface area contributed by atoms with Gasteiger partial charge < -0.3 is 0 Å². The maximum absolute atomic E-state index is 11.6. The Balaban J connectivity index is 0.000000753. The van der Waals surface area contributed by atoms with Crippen molar-refractivity contribution in [2.24, 2.45) is 0 Å². The molecule has 1 aliphatic rings. The van der Waals surface area contributed by atoms with Gasteiger partial charge in [0, 0.05) is 30.0 Å². The molecule has 1 aromatic carbocycles. The van der Waals surface area contributed by atoms with E-state index in [2.05, 4.69) is 39.4 Å². The van der Waals surface area contributed by atoms with E-state index in [1.165, 1.54) is 11.1 Å². The number of nitrogens with one attached hydrogen (secondary N) is 1. The van der Waals surface area contributed by atoms with E-state index in [4.69, 9.17) is 0 Å². The molecule has 0 unspecified atom stereocenters. The van der Waals surface area contributed by atoms with Gasteiger partial charge in [-0.1, -0.05) is 32.0 Å². The third-order valence-corrected chi connectivity index (χ3v) is 4.18. The van der Waals surface area contributed by atoms with Crippen molar-refractivity contribution in [3.8, 4) is 11.1 Å². The number of Topliss-reactive ketones (excluding diaryl/α,β-unsaturated/α-hetero) is 1. The Morgan fingerprint density at radius 3 is 2.52 bits per heavy atom. The summed E-state index contributed by atoms with van der Waals surface area (Å²) in [5, 5.41) is 7.88. The molecule has 3 aromatic rings. The van der Waals surface area contributed by atoms with Crippen molar-refractivity contribution >= 4 is 16.8 Å². The smallest absolute Gasteiger partial charge is 0.155 e. The fraction of sp³-hybridized carbons (Fsp3) is 0.316. The molecule has 0 saturated heterocycles. The summed E-state index contributed by atoms with van der Waals surface area (Å²) in [7, 11) is 0.